The van der Waals surface area contributed by atoms with Crippen LogP contribution in [0.1, 0.15) is 37.7 Å². The Morgan fingerprint density at radius 2 is 1.83 bits per heavy atom. The van der Waals surface area contributed by atoms with Gasteiger partial charge in [-0.2, -0.15) is 0 Å². The van der Waals surface area contributed by atoms with Gasteiger partial charge >= 0.3 is 0 Å². The van der Waals surface area contributed by atoms with E-state index in [1.165, 1.54) is 24.2 Å². The van der Waals surface area contributed by atoms with Crippen molar-refractivity contribution in [1.29, 1.82) is 0 Å². The molecule has 1 aromatic heterocycles. The summed E-state index contributed by atoms with van der Waals surface area (Å²) in [5.74, 6) is -0.240. The van der Waals surface area contributed by atoms with Gasteiger partial charge in [-0.25, -0.2) is 4.98 Å². The number of amides is 2. The van der Waals surface area contributed by atoms with Gasteiger partial charge in [0.05, 0.1) is 21.8 Å². The highest BCUT2D eigenvalue weighted by Crippen LogP contribution is 2.38. The highest BCUT2D eigenvalue weighted by atomic mass is 32.1. The van der Waals surface area contributed by atoms with Crippen molar-refractivity contribution in [1.82, 2.24) is 9.88 Å². The number of para-hydroxylation sites is 2. The largest absolute Gasteiger partial charge is 0.339 e. The van der Waals surface area contributed by atoms with Crippen LogP contribution in [0.25, 0.3) is 10.2 Å². The van der Waals surface area contributed by atoms with E-state index in [2.05, 4.69) is 0 Å². The van der Waals surface area contributed by atoms with Gasteiger partial charge in [-0.05, 0) is 43.5 Å². The Morgan fingerprint density at radius 1 is 1.10 bits per heavy atom. The van der Waals surface area contributed by atoms with Crippen molar-refractivity contribution in [3.05, 3.63) is 54.1 Å². The minimum Gasteiger partial charge on any atom is -0.339 e. The van der Waals surface area contributed by atoms with Crippen molar-refractivity contribution in [3.8, 4) is 0 Å². The predicted molar refractivity (Wildman–Crippen MR) is 120 cm³/mol. The summed E-state index contributed by atoms with van der Waals surface area (Å²) in [6.45, 7) is 2.53. The number of carbonyl (C=O) groups is 2. The van der Waals surface area contributed by atoms with Crippen LogP contribution in [0.4, 0.5) is 10.8 Å². The molecule has 2 aliphatic rings. The second-order valence-corrected chi connectivity index (χ2v) is 9.32. The summed E-state index contributed by atoms with van der Waals surface area (Å²) >= 11 is 1.52. The molecule has 0 spiro atoms. The molecule has 1 aliphatic heterocycles. The van der Waals surface area contributed by atoms with Crippen LogP contribution in [0.15, 0.2) is 48.5 Å². The van der Waals surface area contributed by atoms with Crippen molar-refractivity contribution < 1.29 is 9.59 Å². The number of fused-ring (bicyclic) bond motifs is 1. The van der Waals surface area contributed by atoms with E-state index in [4.69, 9.17) is 4.98 Å². The Hall–Kier alpha value is -2.73. The fourth-order valence-corrected chi connectivity index (χ4v) is 5.72. The van der Waals surface area contributed by atoms with Crippen LogP contribution in [0.2, 0.25) is 0 Å². The van der Waals surface area contributed by atoms with Crippen molar-refractivity contribution in [2.45, 2.75) is 45.1 Å². The number of aryl methyl sites for hydroxylation is 1. The molecule has 1 aliphatic carbocycles. The first-order chi connectivity index (χ1) is 14.6. The van der Waals surface area contributed by atoms with Crippen molar-refractivity contribution in [2.24, 2.45) is 5.92 Å². The van der Waals surface area contributed by atoms with Gasteiger partial charge in [0, 0.05) is 19.0 Å². The van der Waals surface area contributed by atoms with E-state index in [0.29, 0.717) is 24.1 Å². The zero-order chi connectivity index (χ0) is 20.7. The molecule has 2 amide bonds. The topological polar surface area (TPSA) is 53.5 Å². The molecule has 1 unspecified atom stereocenters. The van der Waals surface area contributed by atoms with Crippen LogP contribution in [-0.2, 0) is 9.59 Å². The normalized spacial score (nSPS) is 19.7. The first kappa shape index (κ1) is 19.2. The zero-order valence-electron chi connectivity index (χ0n) is 17.1. The Kier molecular flexibility index (Phi) is 5.03. The molecule has 1 saturated carbocycles. The third-order valence-corrected chi connectivity index (χ3v) is 7.35. The fraction of sp³-hybridized carbons (Fsp3) is 0.375. The Balaban J connectivity index is 1.51. The van der Waals surface area contributed by atoms with Gasteiger partial charge in [0.25, 0.3) is 0 Å². The molecule has 5 nitrogen and oxygen atoms in total. The summed E-state index contributed by atoms with van der Waals surface area (Å²) in [4.78, 5) is 35.0. The SMILES string of the molecule is Cc1ccccc1N(C(=O)C1CC(=O)N(C2CCCC2)C1)c1nc2ccccc2s1. The van der Waals surface area contributed by atoms with Crippen LogP contribution in [0.3, 0.4) is 0 Å². The van der Waals surface area contributed by atoms with Crippen LogP contribution < -0.4 is 4.90 Å². The lowest BCUT2D eigenvalue weighted by Gasteiger charge is -2.26. The molecular formula is C24H25N3O2S. The monoisotopic (exact) mass is 419 g/mol. The number of rotatable bonds is 4. The average Bonchev–Trinajstić information content (AvgIpc) is 3.48. The minimum absolute atomic E-state index is 0.0304. The standard InChI is InChI=1S/C24H25N3O2S/c1-16-8-2-6-12-20(16)27(24-25-19-11-5-7-13-21(19)30-24)23(29)17-14-22(28)26(15-17)18-9-3-4-10-18/h2,5-8,11-13,17-18H,3-4,9-10,14-15H2,1H3. The fourth-order valence-electron chi connectivity index (χ4n) is 4.73. The maximum absolute atomic E-state index is 13.8. The first-order valence-electron chi connectivity index (χ1n) is 10.7. The molecule has 2 fully saturated rings. The minimum atomic E-state index is -0.329. The predicted octanol–water partition coefficient (Wildman–Crippen LogP) is 5.06. The van der Waals surface area contributed by atoms with Gasteiger partial charge in [0.2, 0.25) is 11.8 Å². The van der Waals surface area contributed by atoms with Gasteiger partial charge in [-0.1, -0.05) is 54.5 Å². The highest BCUT2D eigenvalue weighted by Gasteiger charge is 2.41. The number of likely N-dealkylation sites (tertiary alicyclic amines) is 1. The Morgan fingerprint density at radius 3 is 2.60 bits per heavy atom. The number of aromatic nitrogens is 1. The number of nitrogens with zero attached hydrogens (tertiary/aromatic N) is 3. The number of carbonyl (C=O) groups excluding carboxylic acids is 2. The molecule has 0 N–H and O–H groups in total. The average molecular weight is 420 g/mol. The summed E-state index contributed by atoms with van der Waals surface area (Å²) in [6, 6.07) is 16.1. The summed E-state index contributed by atoms with van der Waals surface area (Å²) in [5, 5.41) is 0.669. The molecule has 1 saturated heterocycles. The van der Waals surface area contributed by atoms with E-state index < -0.39 is 0 Å². The lowest BCUT2D eigenvalue weighted by Crippen LogP contribution is -2.37. The lowest BCUT2D eigenvalue weighted by molar-refractivity contribution is -0.130. The molecule has 0 radical (unpaired) electrons. The third-order valence-electron chi connectivity index (χ3n) is 6.32. The van der Waals surface area contributed by atoms with Crippen LogP contribution in [0.5, 0.6) is 0 Å². The summed E-state index contributed by atoms with van der Waals surface area (Å²) < 4.78 is 1.05. The third kappa shape index (κ3) is 3.39. The highest BCUT2D eigenvalue weighted by molar-refractivity contribution is 7.22. The summed E-state index contributed by atoms with van der Waals surface area (Å²) in [5.41, 5.74) is 2.74. The van der Waals surface area contributed by atoms with E-state index >= 15 is 0 Å². The second kappa shape index (κ2) is 7.84. The Labute approximate surface area is 180 Å². The number of thiazole rings is 1. The number of hydrogen-bond acceptors (Lipinski definition) is 4. The van der Waals surface area contributed by atoms with Crippen molar-refractivity contribution >= 4 is 44.2 Å². The molecule has 0 bridgehead atoms. The van der Waals surface area contributed by atoms with Gasteiger partial charge in [-0.3, -0.25) is 14.5 Å². The van der Waals surface area contributed by atoms with E-state index in [0.717, 1.165) is 34.3 Å². The van der Waals surface area contributed by atoms with Gasteiger partial charge < -0.3 is 4.90 Å². The van der Waals surface area contributed by atoms with Crippen LogP contribution >= 0.6 is 11.3 Å². The van der Waals surface area contributed by atoms with E-state index in [1.807, 2.05) is 60.4 Å². The first-order valence-corrected chi connectivity index (χ1v) is 11.5. The van der Waals surface area contributed by atoms with Crippen LogP contribution in [-0.4, -0.2) is 34.3 Å². The molecule has 6 heteroatoms. The molecule has 1 atom stereocenters. The van der Waals surface area contributed by atoms with Crippen molar-refractivity contribution in [3.63, 3.8) is 0 Å². The lowest BCUT2D eigenvalue weighted by atomic mass is 10.1. The molecule has 2 aromatic carbocycles. The summed E-state index contributed by atoms with van der Waals surface area (Å²) in [6.07, 6.45) is 4.77. The molecule has 2 heterocycles. The van der Waals surface area contributed by atoms with Gasteiger partial charge in [0.15, 0.2) is 5.13 Å². The maximum Gasteiger partial charge on any atom is 0.238 e. The maximum atomic E-state index is 13.8. The number of benzene rings is 2. The van der Waals surface area contributed by atoms with E-state index in [1.54, 1.807) is 4.90 Å². The Bertz CT molecular complexity index is 1070. The number of hydrogen-bond donors (Lipinski definition) is 0. The summed E-state index contributed by atoms with van der Waals surface area (Å²) in [7, 11) is 0. The van der Waals surface area contributed by atoms with Gasteiger partial charge in [0.1, 0.15) is 0 Å². The molecular weight excluding hydrogens is 394 g/mol. The zero-order valence-corrected chi connectivity index (χ0v) is 17.9. The number of anilines is 2. The second-order valence-electron chi connectivity index (χ2n) is 8.31. The molecule has 3 aromatic rings. The van der Waals surface area contributed by atoms with Crippen molar-refractivity contribution in [2.75, 3.05) is 11.4 Å². The van der Waals surface area contributed by atoms with Crippen LogP contribution in [0, 0.1) is 12.8 Å². The van der Waals surface area contributed by atoms with Gasteiger partial charge in [-0.15, -0.1) is 0 Å². The molecule has 30 heavy (non-hydrogen) atoms. The van der Waals surface area contributed by atoms with E-state index in [-0.39, 0.29) is 17.7 Å². The van der Waals surface area contributed by atoms with E-state index in [9.17, 15) is 9.59 Å². The molecule has 154 valence electrons. The molecule has 5 rings (SSSR count). The quantitative estimate of drug-likeness (QED) is 0.594. The smallest absolute Gasteiger partial charge is 0.238 e.